The SMILES string of the molecule is Cc1cc(C(=O)NCc2cccc(OCCC3CC3)c2)n(C)n1. The summed E-state index contributed by atoms with van der Waals surface area (Å²) in [6.07, 6.45) is 3.84. The first-order valence-electron chi connectivity index (χ1n) is 8.12. The van der Waals surface area contributed by atoms with Crippen LogP contribution in [0, 0.1) is 12.8 Å². The van der Waals surface area contributed by atoms with Crippen LogP contribution in [0.3, 0.4) is 0 Å². The number of benzene rings is 1. The number of carbonyl (C=O) groups is 1. The number of ether oxygens (including phenoxy) is 1. The van der Waals surface area contributed by atoms with Crippen molar-refractivity contribution in [2.75, 3.05) is 6.61 Å². The number of carbonyl (C=O) groups excluding carboxylic acids is 1. The Balaban J connectivity index is 1.52. The second-order valence-electron chi connectivity index (χ2n) is 6.21. The van der Waals surface area contributed by atoms with Crippen LogP contribution in [0.1, 0.15) is 41.0 Å². The maximum absolute atomic E-state index is 12.2. The van der Waals surface area contributed by atoms with Crippen LogP contribution in [0.5, 0.6) is 5.75 Å². The highest BCUT2D eigenvalue weighted by molar-refractivity contribution is 5.92. The van der Waals surface area contributed by atoms with Crippen LogP contribution in [-0.2, 0) is 13.6 Å². The number of amides is 1. The molecule has 0 spiro atoms. The summed E-state index contributed by atoms with van der Waals surface area (Å²) in [6, 6.07) is 9.68. The van der Waals surface area contributed by atoms with Crippen LogP contribution in [0.2, 0.25) is 0 Å². The highest BCUT2D eigenvalue weighted by atomic mass is 16.5. The van der Waals surface area contributed by atoms with E-state index in [0.29, 0.717) is 12.2 Å². The molecule has 1 aromatic heterocycles. The average Bonchev–Trinajstić information content (AvgIpc) is 3.29. The highest BCUT2D eigenvalue weighted by Crippen LogP contribution is 2.32. The lowest BCUT2D eigenvalue weighted by atomic mass is 10.2. The molecule has 0 radical (unpaired) electrons. The van der Waals surface area contributed by atoms with E-state index < -0.39 is 0 Å². The number of hydrogen-bond donors (Lipinski definition) is 1. The zero-order chi connectivity index (χ0) is 16.2. The standard InChI is InChI=1S/C18H23N3O2/c1-13-10-17(21(2)20-13)18(22)19-12-15-4-3-5-16(11-15)23-9-8-14-6-7-14/h3-5,10-11,14H,6-9,12H2,1-2H3,(H,19,22). The van der Waals surface area contributed by atoms with Crippen LogP contribution < -0.4 is 10.1 Å². The van der Waals surface area contributed by atoms with Crippen molar-refractivity contribution < 1.29 is 9.53 Å². The van der Waals surface area contributed by atoms with Gasteiger partial charge in [0.15, 0.2) is 0 Å². The molecule has 0 saturated heterocycles. The van der Waals surface area contributed by atoms with E-state index in [-0.39, 0.29) is 5.91 Å². The normalized spacial score (nSPS) is 13.8. The molecule has 0 aliphatic heterocycles. The minimum atomic E-state index is -0.117. The zero-order valence-corrected chi connectivity index (χ0v) is 13.7. The average molecular weight is 313 g/mol. The molecule has 122 valence electrons. The van der Waals surface area contributed by atoms with Crippen LogP contribution in [-0.4, -0.2) is 22.3 Å². The first kappa shape index (κ1) is 15.6. The molecule has 1 N–H and O–H groups in total. The van der Waals surface area contributed by atoms with Gasteiger partial charge in [-0.1, -0.05) is 25.0 Å². The van der Waals surface area contributed by atoms with Gasteiger partial charge in [-0.05, 0) is 43.0 Å². The Kier molecular flexibility index (Phi) is 4.65. The Bertz CT molecular complexity index is 689. The fourth-order valence-electron chi connectivity index (χ4n) is 2.59. The van der Waals surface area contributed by atoms with Crippen LogP contribution in [0.4, 0.5) is 0 Å². The number of aromatic nitrogens is 2. The molecular formula is C18H23N3O2. The van der Waals surface area contributed by atoms with E-state index in [1.165, 1.54) is 12.8 Å². The van der Waals surface area contributed by atoms with Crippen molar-refractivity contribution in [1.82, 2.24) is 15.1 Å². The molecule has 5 nitrogen and oxygen atoms in total. The predicted octanol–water partition coefficient (Wildman–Crippen LogP) is 2.84. The molecule has 0 atom stereocenters. The smallest absolute Gasteiger partial charge is 0.269 e. The van der Waals surface area contributed by atoms with Gasteiger partial charge in [-0.15, -0.1) is 0 Å². The molecule has 0 unspecified atom stereocenters. The van der Waals surface area contributed by atoms with E-state index in [9.17, 15) is 4.79 Å². The third-order valence-electron chi connectivity index (χ3n) is 4.08. The molecule has 3 rings (SSSR count). The fourth-order valence-corrected chi connectivity index (χ4v) is 2.59. The van der Waals surface area contributed by atoms with Crippen LogP contribution >= 0.6 is 0 Å². The highest BCUT2D eigenvalue weighted by Gasteiger charge is 2.20. The summed E-state index contributed by atoms with van der Waals surface area (Å²) >= 11 is 0. The number of hydrogen-bond acceptors (Lipinski definition) is 3. The summed E-state index contributed by atoms with van der Waals surface area (Å²) < 4.78 is 7.38. The van der Waals surface area contributed by atoms with Gasteiger partial charge in [-0.3, -0.25) is 9.48 Å². The Morgan fingerprint density at radius 2 is 2.22 bits per heavy atom. The second kappa shape index (κ2) is 6.86. The molecule has 1 aliphatic carbocycles. The van der Waals surface area contributed by atoms with Crippen molar-refractivity contribution in [3.8, 4) is 5.75 Å². The summed E-state index contributed by atoms with van der Waals surface area (Å²) in [7, 11) is 1.77. The van der Waals surface area contributed by atoms with Gasteiger partial charge < -0.3 is 10.1 Å². The lowest BCUT2D eigenvalue weighted by Crippen LogP contribution is -2.25. The van der Waals surface area contributed by atoms with Gasteiger partial charge in [-0.2, -0.15) is 5.10 Å². The number of rotatable bonds is 7. The van der Waals surface area contributed by atoms with Crippen LogP contribution in [0.25, 0.3) is 0 Å². The summed E-state index contributed by atoms with van der Waals surface area (Å²) in [5.41, 5.74) is 2.43. The van der Waals surface area contributed by atoms with Gasteiger partial charge in [0, 0.05) is 13.6 Å². The summed E-state index contributed by atoms with van der Waals surface area (Å²) in [6.45, 7) is 3.12. The van der Waals surface area contributed by atoms with E-state index in [4.69, 9.17) is 4.74 Å². The van der Waals surface area contributed by atoms with Gasteiger partial charge in [0.05, 0.1) is 12.3 Å². The molecule has 1 saturated carbocycles. The van der Waals surface area contributed by atoms with Crippen molar-refractivity contribution in [2.24, 2.45) is 13.0 Å². The number of nitrogens with zero attached hydrogens (tertiary/aromatic N) is 2. The minimum Gasteiger partial charge on any atom is -0.494 e. The largest absolute Gasteiger partial charge is 0.494 e. The lowest BCUT2D eigenvalue weighted by molar-refractivity contribution is 0.0941. The van der Waals surface area contributed by atoms with E-state index in [1.54, 1.807) is 17.8 Å². The topological polar surface area (TPSA) is 56.1 Å². The van der Waals surface area contributed by atoms with E-state index in [0.717, 1.165) is 36.0 Å². The fraction of sp³-hybridized carbons (Fsp3) is 0.444. The zero-order valence-electron chi connectivity index (χ0n) is 13.7. The summed E-state index contributed by atoms with van der Waals surface area (Å²) in [4.78, 5) is 12.2. The molecule has 2 aromatic rings. The predicted molar refractivity (Wildman–Crippen MR) is 88.4 cm³/mol. The molecule has 1 heterocycles. The molecule has 1 aliphatic rings. The first-order valence-corrected chi connectivity index (χ1v) is 8.12. The maximum Gasteiger partial charge on any atom is 0.269 e. The molecule has 0 bridgehead atoms. The van der Waals surface area contributed by atoms with Crippen molar-refractivity contribution in [1.29, 1.82) is 0 Å². The Labute approximate surface area is 136 Å². The molecule has 1 fully saturated rings. The first-order chi connectivity index (χ1) is 11.1. The van der Waals surface area contributed by atoms with Crippen molar-refractivity contribution in [2.45, 2.75) is 32.7 Å². The van der Waals surface area contributed by atoms with Crippen molar-refractivity contribution >= 4 is 5.91 Å². The van der Waals surface area contributed by atoms with Crippen molar-refractivity contribution in [3.63, 3.8) is 0 Å². The van der Waals surface area contributed by atoms with E-state index in [2.05, 4.69) is 10.4 Å². The van der Waals surface area contributed by atoms with E-state index in [1.807, 2.05) is 31.2 Å². The van der Waals surface area contributed by atoms with Gasteiger partial charge in [-0.25, -0.2) is 0 Å². The molecular weight excluding hydrogens is 290 g/mol. The van der Waals surface area contributed by atoms with Gasteiger partial charge in [0.1, 0.15) is 11.4 Å². The van der Waals surface area contributed by atoms with E-state index >= 15 is 0 Å². The third kappa shape index (κ3) is 4.34. The number of aryl methyl sites for hydroxylation is 2. The summed E-state index contributed by atoms with van der Waals surface area (Å²) in [5.74, 6) is 1.63. The van der Waals surface area contributed by atoms with Gasteiger partial charge in [0.25, 0.3) is 5.91 Å². The molecule has 1 aromatic carbocycles. The lowest BCUT2D eigenvalue weighted by Gasteiger charge is -2.09. The minimum absolute atomic E-state index is 0.117. The van der Waals surface area contributed by atoms with Gasteiger partial charge >= 0.3 is 0 Å². The monoisotopic (exact) mass is 313 g/mol. The maximum atomic E-state index is 12.2. The Morgan fingerprint density at radius 3 is 2.91 bits per heavy atom. The Morgan fingerprint density at radius 1 is 1.39 bits per heavy atom. The third-order valence-corrected chi connectivity index (χ3v) is 4.08. The molecule has 23 heavy (non-hydrogen) atoms. The summed E-state index contributed by atoms with van der Waals surface area (Å²) in [5, 5.41) is 7.12. The van der Waals surface area contributed by atoms with Gasteiger partial charge in [0.2, 0.25) is 0 Å². The van der Waals surface area contributed by atoms with Crippen molar-refractivity contribution in [3.05, 3.63) is 47.3 Å². The van der Waals surface area contributed by atoms with Crippen LogP contribution in [0.15, 0.2) is 30.3 Å². The number of nitrogens with one attached hydrogen (secondary N) is 1. The quantitative estimate of drug-likeness (QED) is 0.855. The second-order valence-corrected chi connectivity index (χ2v) is 6.21. The molecule has 5 heteroatoms. The Hall–Kier alpha value is -2.30. The molecule has 1 amide bonds.